The monoisotopic (exact) mass is 445 g/mol. The lowest BCUT2D eigenvalue weighted by Gasteiger charge is -2.42. The Kier molecular flexibility index (Phi) is 7.97. The van der Waals surface area contributed by atoms with Crippen LogP contribution < -0.4 is 10.2 Å². The lowest BCUT2D eigenvalue weighted by atomic mass is 9.79. The van der Waals surface area contributed by atoms with Crippen molar-refractivity contribution in [2.75, 3.05) is 70.6 Å². The van der Waals surface area contributed by atoms with E-state index in [1.54, 1.807) is 0 Å². The molecule has 3 aliphatic rings. The highest BCUT2D eigenvalue weighted by molar-refractivity contribution is 5.92. The van der Waals surface area contributed by atoms with Gasteiger partial charge in [0.05, 0.1) is 13.2 Å². The number of piperidine rings is 1. The third-order valence-corrected chi connectivity index (χ3v) is 7.04. The number of ether oxygens (including phenoxy) is 2. The van der Waals surface area contributed by atoms with E-state index in [0.717, 1.165) is 90.5 Å². The molecule has 0 radical (unpaired) electrons. The van der Waals surface area contributed by atoms with Gasteiger partial charge in [-0.1, -0.05) is 13.8 Å². The molecule has 8 nitrogen and oxygen atoms in total. The zero-order chi connectivity index (χ0) is 22.4. The van der Waals surface area contributed by atoms with E-state index in [-0.39, 0.29) is 17.2 Å². The van der Waals surface area contributed by atoms with E-state index in [9.17, 15) is 4.79 Å². The molecule has 3 saturated heterocycles. The van der Waals surface area contributed by atoms with Crippen molar-refractivity contribution < 1.29 is 14.3 Å². The fraction of sp³-hybridized carbons (Fsp3) is 0.792. The van der Waals surface area contributed by atoms with E-state index in [1.807, 2.05) is 6.07 Å². The van der Waals surface area contributed by atoms with Crippen LogP contribution in [0.3, 0.4) is 0 Å². The molecular weight excluding hydrogens is 406 g/mol. The van der Waals surface area contributed by atoms with Crippen LogP contribution in [0, 0.1) is 5.41 Å². The van der Waals surface area contributed by atoms with Gasteiger partial charge in [0.15, 0.2) is 0 Å². The molecule has 0 bridgehead atoms. The first-order chi connectivity index (χ1) is 15.5. The minimum atomic E-state index is -0.0968. The smallest absolute Gasteiger partial charge is 0.270 e. The van der Waals surface area contributed by atoms with Crippen molar-refractivity contribution in [1.29, 1.82) is 0 Å². The number of nitrogens with one attached hydrogen (secondary N) is 1. The van der Waals surface area contributed by atoms with Gasteiger partial charge < -0.3 is 19.7 Å². The second-order valence-electron chi connectivity index (χ2n) is 9.86. The summed E-state index contributed by atoms with van der Waals surface area (Å²) < 4.78 is 11.2. The number of carbonyl (C=O) groups excluding carboxylic acids is 1. The fourth-order valence-electron chi connectivity index (χ4n) is 4.89. The van der Waals surface area contributed by atoms with E-state index >= 15 is 0 Å². The maximum absolute atomic E-state index is 13.2. The standard InChI is InChI=1S/C24H39N5O3/c1-19(2)20-16-21(27-23(26-20)29-8-4-3-5-9-29)22(30)25-17-24(6-12-31-13-7-24)18-28-10-14-32-15-11-28/h16,19H,3-15,17-18H2,1-2H3,(H,25,30). The predicted octanol–water partition coefficient (Wildman–Crippen LogP) is 2.45. The largest absolute Gasteiger partial charge is 0.381 e. The summed E-state index contributed by atoms with van der Waals surface area (Å²) in [6.45, 7) is 12.8. The molecule has 0 atom stereocenters. The van der Waals surface area contributed by atoms with Gasteiger partial charge in [0.2, 0.25) is 5.95 Å². The molecule has 3 aliphatic heterocycles. The zero-order valence-corrected chi connectivity index (χ0v) is 19.8. The Labute approximate surface area is 192 Å². The highest BCUT2D eigenvalue weighted by atomic mass is 16.5. The number of morpholine rings is 1. The van der Waals surface area contributed by atoms with Gasteiger partial charge >= 0.3 is 0 Å². The molecule has 0 aromatic carbocycles. The van der Waals surface area contributed by atoms with Crippen molar-refractivity contribution in [1.82, 2.24) is 20.2 Å². The predicted molar refractivity (Wildman–Crippen MR) is 124 cm³/mol. The first-order valence-electron chi connectivity index (χ1n) is 12.3. The molecule has 1 aromatic heterocycles. The van der Waals surface area contributed by atoms with Crippen molar-refractivity contribution >= 4 is 11.9 Å². The Bertz CT molecular complexity index is 754. The van der Waals surface area contributed by atoms with Crippen molar-refractivity contribution in [3.05, 3.63) is 17.5 Å². The van der Waals surface area contributed by atoms with Crippen LogP contribution in [0.1, 0.15) is 68.1 Å². The highest BCUT2D eigenvalue weighted by Gasteiger charge is 2.35. The molecule has 1 aromatic rings. The first kappa shape index (κ1) is 23.4. The zero-order valence-electron chi connectivity index (χ0n) is 19.8. The minimum Gasteiger partial charge on any atom is -0.381 e. The first-order valence-corrected chi connectivity index (χ1v) is 12.3. The maximum atomic E-state index is 13.2. The van der Waals surface area contributed by atoms with Gasteiger partial charge in [0.1, 0.15) is 5.69 Å². The molecule has 8 heteroatoms. The summed E-state index contributed by atoms with van der Waals surface area (Å²) >= 11 is 0. The molecule has 0 saturated carbocycles. The molecule has 178 valence electrons. The van der Waals surface area contributed by atoms with Crippen LogP contribution in [-0.4, -0.2) is 86.5 Å². The van der Waals surface area contributed by atoms with Crippen molar-refractivity contribution in [2.45, 2.75) is 51.9 Å². The number of carbonyl (C=O) groups is 1. The summed E-state index contributed by atoms with van der Waals surface area (Å²) in [7, 11) is 0. The summed E-state index contributed by atoms with van der Waals surface area (Å²) in [5.41, 5.74) is 1.45. The van der Waals surface area contributed by atoms with Gasteiger partial charge in [-0.05, 0) is 44.1 Å². The molecule has 0 aliphatic carbocycles. The number of anilines is 1. The molecule has 1 amide bonds. The normalized spacial score (nSPS) is 22.2. The number of rotatable bonds is 7. The fourth-order valence-corrected chi connectivity index (χ4v) is 4.89. The highest BCUT2D eigenvalue weighted by Crippen LogP contribution is 2.31. The van der Waals surface area contributed by atoms with Crippen molar-refractivity contribution in [2.24, 2.45) is 5.41 Å². The van der Waals surface area contributed by atoms with Gasteiger partial charge in [0, 0.05) is 63.6 Å². The average molecular weight is 446 g/mol. The molecule has 0 spiro atoms. The topological polar surface area (TPSA) is 79.8 Å². The third kappa shape index (κ3) is 5.97. The average Bonchev–Trinajstić information content (AvgIpc) is 2.84. The third-order valence-electron chi connectivity index (χ3n) is 7.04. The molecule has 4 heterocycles. The molecule has 1 N–H and O–H groups in total. The van der Waals surface area contributed by atoms with Gasteiger partial charge in [-0.2, -0.15) is 0 Å². The lowest BCUT2D eigenvalue weighted by molar-refractivity contribution is -0.0283. The van der Waals surface area contributed by atoms with Crippen LogP contribution in [0.15, 0.2) is 6.07 Å². The van der Waals surface area contributed by atoms with E-state index < -0.39 is 0 Å². The quantitative estimate of drug-likeness (QED) is 0.690. The van der Waals surface area contributed by atoms with E-state index in [1.165, 1.54) is 6.42 Å². The Balaban J connectivity index is 1.47. The maximum Gasteiger partial charge on any atom is 0.270 e. The number of nitrogens with zero attached hydrogens (tertiary/aromatic N) is 4. The Morgan fingerprint density at radius 2 is 1.72 bits per heavy atom. The van der Waals surface area contributed by atoms with Crippen LogP contribution >= 0.6 is 0 Å². The minimum absolute atomic E-state index is 0.0366. The number of hydrogen-bond donors (Lipinski definition) is 1. The summed E-state index contributed by atoms with van der Waals surface area (Å²) in [6.07, 6.45) is 5.49. The summed E-state index contributed by atoms with van der Waals surface area (Å²) in [5, 5.41) is 3.23. The van der Waals surface area contributed by atoms with E-state index in [4.69, 9.17) is 19.4 Å². The molecule has 0 unspecified atom stereocenters. The van der Waals surface area contributed by atoms with Gasteiger partial charge in [0.25, 0.3) is 5.91 Å². The van der Waals surface area contributed by atoms with E-state index in [0.29, 0.717) is 18.2 Å². The van der Waals surface area contributed by atoms with Crippen LogP contribution in [0.4, 0.5) is 5.95 Å². The van der Waals surface area contributed by atoms with Crippen molar-refractivity contribution in [3.63, 3.8) is 0 Å². The Hall–Kier alpha value is -1.77. The second-order valence-corrected chi connectivity index (χ2v) is 9.86. The summed E-state index contributed by atoms with van der Waals surface area (Å²) in [5.74, 6) is 0.854. The molecular formula is C24H39N5O3. The van der Waals surface area contributed by atoms with Crippen LogP contribution in [0.25, 0.3) is 0 Å². The molecule has 32 heavy (non-hydrogen) atoms. The summed E-state index contributed by atoms with van der Waals surface area (Å²) in [4.78, 5) is 27.4. The van der Waals surface area contributed by atoms with Gasteiger partial charge in [-0.15, -0.1) is 0 Å². The van der Waals surface area contributed by atoms with Crippen molar-refractivity contribution in [3.8, 4) is 0 Å². The van der Waals surface area contributed by atoms with Crippen LogP contribution in [0.5, 0.6) is 0 Å². The SMILES string of the molecule is CC(C)c1cc(C(=O)NCC2(CN3CCOCC3)CCOCC2)nc(N2CCCCC2)n1. The number of aromatic nitrogens is 2. The Morgan fingerprint density at radius 1 is 1.03 bits per heavy atom. The molecule has 4 rings (SSSR count). The van der Waals surface area contributed by atoms with E-state index in [2.05, 4.69) is 29.0 Å². The second kappa shape index (κ2) is 10.9. The number of amides is 1. The van der Waals surface area contributed by atoms with Gasteiger partial charge in [-0.25, -0.2) is 9.97 Å². The van der Waals surface area contributed by atoms with Gasteiger partial charge in [-0.3, -0.25) is 9.69 Å². The molecule has 3 fully saturated rings. The number of hydrogen-bond acceptors (Lipinski definition) is 7. The summed E-state index contributed by atoms with van der Waals surface area (Å²) in [6, 6.07) is 1.87. The Morgan fingerprint density at radius 3 is 2.41 bits per heavy atom. The van der Waals surface area contributed by atoms with Crippen LogP contribution in [-0.2, 0) is 9.47 Å². The van der Waals surface area contributed by atoms with Crippen LogP contribution in [0.2, 0.25) is 0 Å². The lowest BCUT2D eigenvalue weighted by Crippen LogP contribution is -2.51.